The molecule has 2 aliphatic rings. The maximum Gasteiger partial charge on any atom is 0.264 e. The third-order valence-corrected chi connectivity index (χ3v) is 3.72. The zero-order chi connectivity index (χ0) is 14.4. The molecule has 1 unspecified atom stereocenters. The van der Waals surface area contributed by atoms with Crippen LogP contribution in [0.5, 0.6) is 0 Å². The summed E-state index contributed by atoms with van der Waals surface area (Å²) in [7, 11) is -2.06. The highest BCUT2D eigenvalue weighted by atomic mass is 32.2. The SMILES string of the molecule is CO[C@@H]1O[C@H]([C@@H](C)OS(C)(=O)=O)[C@@H]2OC(C)(C)OC12. The molecule has 0 N–H and O–H groups in total. The first-order valence-corrected chi connectivity index (χ1v) is 7.87. The molecule has 8 heteroatoms. The highest BCUT2D eigenvalue weighted by Gasteiger charge is 2.57. The van der Waals surface area contributed by atoms with Crippen LogP contribution >= 0.6 is 0 Å². The number of hydrogen-bond donors (Lipinski definition) is 0. The number of methoxy groups -OCH3 is 1. The van der Waals surface area contributed by atoms with E-state index in [2.05, 4.69) is 0 Å². The molecule has 112 valence electrons. The fourth-order valence-electron chi connectivity index (χ4n) is 2.49. The van der Waals surface area contributed by atoms with Crippen molar-refractivity contribution in [3.8, 4) is 0 Å². The van der Waals surface area contributed by atoms with E-state index in [0.29, 0.717) is 0 Å². The summed E-state index contributed by atoms with van der Waals surface area (Å²) < 4.78 is 49.6. The van der Waals surface area contributed by atoms with E-state index in [1.807, 2.05) is 0 Å². The van der Waals surface area contributed by atoms with Gasteiger partial charge < -0.3 is 18.9 Å². The van der Waals surface area contributed by atoms with Crippen LogP contribution in [0.3, 0.4) is 0 Å². The van der Waals surface area contributed by atoms with Crippen LogP contribution in [-0.2, 0) is 33.2 Å². The molecule has 0 aromatic carbocycles. The summed E-state index contributed by atoms with van der Waals surface area (Å²) in [6.07, 6.45) is -1.65. The molecular formula is C11H20O7S. The summed E-state index contributed by atoms with van der Waals surface area (Å²) in [6.45, 7) is 5.20. The Morgan fingerprint density at radius 2 is 1.79 bits per heavy atom. The number of fused-ring (bicyclic) bond motifs is 1. The van der Waals surface area contributed by atoms with Crippen molar-refractivity contribution in [3.05, 3.63) is 0 Å². The Balaban J connectivity index is 2.14. The smallest absolute Gasteiger partial charge is 0.264 e. The van der Waals surface area contributed by atoms with Gasteiger partial charge >= 0.3 is 0 Å². The second-order valence-electron chi connectivity index (χ2n) is 5.28. The lowest BCUT2D eigenvalue weighted by atomic mass is 10.1. The second-order valence-corrected chi connectivity index (χ2v) is 6.88. The fourth-order valence-corrected chi connectivity index (χ4v) is 3.15. The average molecular weight is 296 g/mol. The molecule has 0 spiro atoms. The second kappa shape index (κ2) is 4.94. The summed E-state index contributed by atoms with van der Waals surface area (Å²) in [5.74, 6) is -0.751. The molecule has 0 amide bonds. The van der Waals surface area contributed by atoms with Crippen LogP contribution in [0.2, 0.25) is 0 Å². The van der Waals surface area contributed by atoms with Gasteiger partial charge in [-0.15, -0.1) is 0 Å². The summed E-state index contributed by atoms with van der Waals surface area (Å²) in [5.41, 5.74) is 0. The monoisotopic (exact) mass is 296 g/mol. The van der Waals surface area contributed by atoms with E-state index in [1.54, 1.807) is 20.8 Å². The Hall–Kier alpha value is -0.250. The molecule has 19 heavy (non-hydrogen) atoms. The van der Waals surface area contributed by atoms with Gasteiger partial charge in [0, 0.05) is 7.11 Å². The van der Waals surface area contributed by atoms with E-state index in [0.717, 1.165) is 6.26 Å². The van der Waals surface area contributed by atoms with Gasteiger partial charge in [0.05, 0.1) is 6.26 Å². The van der Waals surface area contributed by atoms with Crippen LogP contribution in [0.15, 0.2) is 0 Å². The van der Waals surface area contributed by atoms with Gasteiger partial charge in [0.25, 0.3) is 10.1 Å². The molecule has 0 bridgehead atoms. The van der Waals surface area contributed by atoms with Gasteiger partial charge in [0.2, 0.25) is 0 Å². The Morgan fingerprint density at radius 3 is 2.32 bits per heavy atom. The van der Waals surface area contributed by atoms with Crippen molar-refractivity contribution in [2.75, 3.05) is 13.4 Å². The van der Waals surface area contributed by atoms with Crippen LogP contribution in [0.25, 0.3) is 0 Å². The minimum Gasteiger partial charge on any atom is -0.353 e. The van der Waals surface area contributed by atoms with Crippen molar-refractivity contribution in [3.63, 3.8) is 0 Å². The van der Waals surface area contributed by atoms with E-state index in [1.165, 1.54) is 7.11 Å². The van der Waals surface area contributed by atoms with Crippen molar-refractivity contribution >= 4 is 10.1 Å². The van der Waals surface area contributed by atoms with Crippen molar-refractivity contribution in [1.29, 1.82) is 0 Å². The average Bonchev–Trinajstić information content (AvgIpc) is 2.67. The zero-order valence-corrected chi connectivity index (χ0v) is 12.5. The maximum atomic E-state index is 11.2. The normalized spacial score (nSPS) is 39.2. The molecule has 2 fully saturated rings. The van der Waals surface area contributed by atoms with E-state index < -0.39 is 46.6 Å². The van der Waals surface area contributed by atoms with Gasteiger partial charge in [0.1, 0.15) is 24.4 Å². The first-order chi connectivity index (χ1) is 8.63. The molecule has 2 saturated heterocycles. The van der Waals surface area contributed by atoms with Gasteiger partial charge in [-0.3, -0.25) is 4.18 Å². The first kappa shape index (κ1) is 15.1. The Morgan fingerprint density at radius 1 is 1.21 bits per heavy atom. The summed E-state index contributed by atoms with van der Waals surface area (Å²) in [6, 6.07) is 0. The van der Waals surface area contributed by atoms with Gasteiger partial charge in [-0.05, 0) is 20.8 Å². The van der Waals surface area contributed by atoms with Crippen LogP contribution in [-0.4, -0.2) is 58.3 Å². The predicted octanol–water partition coefficient (Wildman–Crippen LogP) is 0.243. The van der Waals surface area contributed by atoms with Gasteiger partial charge in [-0.2, -0.15) is 8.42 Å². The lowest BCUT2D eigenvalue weighted by Gasteiger charge is -2.26. The molecule has 2 heterocycles. The van der Waals surface area contributed by atoms with Gasteiger partial charge in [0.15, 0.2) is 12.1 Å². The molecular weight excluding hydrogens is 276 g/mol. The minimum absolute atomic E-state index is 0.393. The number of hydrogen-bond acceptors (Lipinski definition) is 7. The molecule has 0 aromatic heterocycles. The molecule has 0 aromatic rings. The Bertz CT molecular complexity index is 432. The quantitative estimate of drug-likeness (QED) is 0.687. The predicted molar refractivity (Wildman–Crippen MR) is 64.9 cm³/mol. The summed E-state index contributed by atoms with van der Waals surface area (Å²) in [4.78, 5) is 0. The fraction of sp³-hybridized carbons (Fsp3) is 1.00. The van der Waals surface area contributed by atoms with Gasteiger partial charge in [-0.25, -0.2) is 0 Å². The minimum atomic E-state index is -3.56. The highest BCUT2D eigenvalue weighted by molar-refractivity contribution is 7.86. The lowest BCUT2D eigenvalue weighted by Crippen LogP contribution is -2.39. The third kappa shape index (κ3) is 3.26. The van der Waals surface area contributed by atoms with E-state index in [-0.39, 0.29) is 0 Å². The molecule has 2 aliphatic heterocycles. The van der Waals surface area contributed by atoms with Crippen molar-refractivity contribution < 1.29 is 31.5 Å². The molecule has 0 radical (unpaired) electrons. The standard InChI is InChI=1S/C11H20O7S/c1-6(18-19(5,12)13)7-8-9(10(14-4)15-7)17-11(2,3)16-8/h6-10H,1-5H3/t6-,7-,8+,9?,10-/m1/s1. The topological polar surface area (TPSA) is 80.3 Å². The van der Waals surface area contributed by atoms with E-state index in [4.69, 9.17) is 23.1 Å². The van der Waals surface area contributed by atoms with Crippen molar-refractivity contribution in [2.24, 2.45) is 0 Å². The van der Waals surface area contributed by atoms with Crippen molar-refractivity contribution in [2.45, 2.75) is 57.3 Å². The van der Waals surface area contributed by atoms with E-state index >= 15 is 0 Å². The molecule has 0 saturated carbocycles. The third-order valence-electron chi connectivity index (χ3n) is 3.07. The first-order valence-electron chi connectivity index (χ1n) is 6.05. The molecule has 7 nitrogen and oxygen atoms in total. The Kier molecular flexibility index (Phi) is 3.94. The zero-order valence-electron chi connectivity index (χ0n) is 11.7. The van der Waals surface area contributed by atoms with Gasteiger partial charge in [-0.1, -0.05) is 0 Å². The molecule has 2 rings (SSSR count). The van der Waals surface area contributed by atoms with Crippen LogP contribution in [0.4, 0.5) is 0 Å². The largest absolute Gasteiger partial charge is 0.353 e. The number of ether oxygens (including phenoxy) is 4. The van der Waals surface area contributed by atoms with Crippen LogP contribution in [0.1, 0.15) is 20.8 Å². The van der Waals surface area contributed by atoms with Crippen LogP contribution in [0, 0.1) is 0 Å². The van der Waals surface area contributed by atoms with E-state index in [9.17, 15) is 8.42 Å². The van der Waals surface area contributed by atoms with Crippen LogP contribution < -0.4 is 0 Å². The van der Waals surface area contributed by atoms with Crippen molar-refractivity contribution in [1.82, 2.24) is 0 Å². The molecule has 0 aliphatic carbocycles. The summed E-state index contributed by atoms with van der Waals surface area (Å²) in [5, 5.41) is 0. The molecule has 5 atom stereocenters. The number of rotatable bonds is 4. The maximum absolute atomic E-state index is 11.2. The highest BCUT2D eigenvalue weighted by Crippen LogP contribution is 2.40. The summed E-state index contributed by atoms with van der Waals surface area (Å²) >= 11 is 0. The Labute approximate surface area is 113 Å². The lowest BCUT2D eigenvalue weighted by molar-refractivity contribution is -0.234.